The molecule has 140 valence electrons. The van der Waals surface area contributed by atoms with E-state index in [2.05, 4.69) is 29.4 Å². The van der Waals surface area contributed by atoms with Gasteiger partial charge in [-0.25, -0.2) is 0 Å². The van der Waals surface area contributed by atoms with E-state index in [1.807, 2.05) is 6.07 Å². The van der Waals surface area contributed by atoms with Crippen LogP contribution in [0.2, 0.25) is 0 Å². The van der Waals surface area contributed by atoms with E-state index in [9.17, 15) is 5.11 Å². The van der Waals surface area contributed by atoms with Gasteiger partial charge in [0, 0.05) is 23.5 Å². The summed E-state index contributed by atoms with van der Waals surface area (Å²) in [6.07, 6.45) is 8.58. The smallest absolute Gasteiger partial charge is 0.115 e. The molecule has 1 spiro atoms. The van der Waals surface area contributed by atoms with Crippen LogP contribution in [-0.2, 0) is 16.6 Å². The van der Waals surface area contributed by atoms with Crippen molar-refractivity contribution >= 4 is 0 Å². The Morgan fingerprint density at radius 2 is 2.15 bits per heavy atom. The quantitative estimate of drug-likeness (QED) is 0.876. The highest BCUT2D eigenvalue weighted by Gasteiger charge is 2.71. The van der Waals surface area contributed by atoms with Crippen LogP contribution in [0.1, 0.15) is 49.7 Å². The summed E-state index contributed by atoms with van der Waals surface area (Å²) in [5.74, 6) is 1.33. The Bertz CT molecular complexity index is 751. The molecule has 3 saturated heterocycles. The first kappa shape index (κ1) is 15.9. The molecule has 3 aliphatic heterocycles. The number of rotatable bonds is 3. The Balaban J connectivity index is 1.52. The summed E-state index contributed by atoms with van der Waals surface area (Å²) in [5, 5.41) is 13.9. The molecular formula is C22H30N2O2. The molecule has 0 aromatic heterocycles. The third-order valence-corrected chi connectivity index (χ3v) is 8.58. The van der Waals surface area contributed by atoms with Crippen LogP contribution in [0, 0.1) is 5.92 Å². The number of aromatic hydroxyl groups is 1. The first-order valence-electron chi connectivity index (χ1n) is 10.5. The van der Waals surface area contributed by atoms with E-state index in [1.54, 1.807) is 0 Å². The number of phenols is 1. The molecule has 4 heteroatoms. The number of hydrogen-bond acceptors (Lipinski definition) is 4. The fourth-order valence-electron chi connectivity index (χ4n) is 7.03. The van der Waals surface area contributed by atoms with Crippen molar-refractivity contribution in [2.45, 2.75) is 67.5 Å². The summed E-state index contributed by atoms with van der Waals surface area (Å²) >= 11 is 0. The Labute approximate surface area is 155 Å². The Morgan fingerprint density at radius 3 is 2.88 bits per heavy atom. The highest BCUT2D eigenvalue weighted by molar-refractivity contribution is 5.50. The van der Waals surface area contributed by atoms with Crippen molar-refractivity contribution in [2.75, 3.05) is 26.7 Å². The lowest BCUT2D eigenvalue weighted by Gasteiger charge is -2.71. The molecule has 0 amide bonds. The van der Waals surface area contributed by atoms with Gasteiger partial charge in [0.25, 0.3) is 0 Å². The zero-order valence-electron chi connectivity index (χ0n) is 15.8. The second-order valence-corrected chi connectivity index (χ2v) is 9.72. The molecule has 4 nitrogen and oxygen atoms in total. The number of benzene rings is 1. The van der Waals surface area contributed by atoms with Crippen LogP contribution < -0.4 is 5.32 Å². The number of likely N-dealkylation sites (tertiary alicyclic amines) is 1. The average Bonchev–Trinajstić information content (AvgIpc) is 3.48. The van der Waals surface area contributed by atoms with Crippen LogP contribution in [0.15, 0.2) is 18.2 Å². The normalized spacial score (nSPS) is 43.8. The second kappa shape index (κ2) is 5.03. The predicted molar refractivity (Wildman–Crippen MR) is 101 cm³/mol. The van der Waals surface area contributed by atoms with E-state index in [0.717, 1.165) is 38.2 Å². The van der Waals surface area contributed by atoms with Gasteiger partial charge in [0.05, 0.1) is 12.2 Å². The van der Waals surface area contributed by atoms with Crippen LogP contribution in [0.5, 0.6) is 5.75 Å². The number of nitrogens with zero attached hydrogens (tertiary/aromatic N) is 1. The Morgan fingerprint density at radius 1 is 1.27 bits per heavy atom. The number of ether oxygens (including phenoxy) is 1. The van der Waals surface area contributed by atoms with Crippen molar-refractivity contribution in [1.29, 1.82) is 0 Å². The maximum absolute atomic E-state index is 10.3. The topological polar surface area (TPSA) is 44.7 Å². The minimum Gasteiger partial charge on any atom is -0.508 e. The van der Waals surface area contributed by atoms with E-state index in [1.165, 1.54) is 43.5 Å². The monoisotopic (exact) mass is 354 g/mol. The van der Waals surface area contributed by atoms with E-state index >= 15 is 0 Å². The predicted octanol–water partition coefficient (Wildman–Crippen LogP) is 2.58. The van der Waals surface area contributed by atoms with Crippen molar-refractivity contribution in [1.82, 2.24) is 10.2 Å². The first-order chi connectivity index (χ1) is 12.6. The summed E-state index contributed by atoms with van der Waals surface area (Å²) in [4.78, 5) is 2.78. The number of phenolic OH excluding ortho intramolecular Hbond substituents is 1. The van der Waals surface area contributed by atoms with Gasteiger partial charge in [-0.2, -0.15) is 0 Å². The van der Waals surface area contributed by atoms with Gasteiger partial charge in [-0.15, -0.1) is 0 Å². The molecule has 3 aliphatic carbocycles. The maximum atomic E-state index is 10.3. The number of nitrogens with one attached hydrogen (secondary N) is 1. The summed E-state index contributed by atoms with van der Waals surface area (Å²) < 4.78 is 6.86. The zero-order valence-corrected chi connectivity index (χ0v) is 15.8. The van der Waals surface area contributed by atoms with Crippen LogP contribution in [0.3, 0.4) is 0 Å². The average molecular weight is 354 g/mol. The van der Waals surface area contributed by atoms with Crippen molar-refractivity contribution in [3.05, 3.63) is 29.3 Å². The lowest BCUT2D eigenvalue weighted by atomic mass is 9.45. The standard InChI is InChI=1S/C22H30N2O2/c1-23-20-6-7-22(26-14-20)19-10-16-4-5-17(25)11-18(16)21(22,13-20)8-9-24(19)12-15-2-3-15/h4-5,11,15,19,23,25H,2-3,6-10,12-14H2,1H3/t19-,20+,21?,22-/m1/s1. The van der Waals surface area contributed by atoms with Gasteiger partial charge >= 0.3 is 0 Å². The Hall–Kier alpha value is -1.10. The molecule has 0 radical (unpaired) electrons. The van der Waals surface area contributed by atoms with Crippen LogP contribution in [0.25, 0.3) is 0 Å². The highest BCUT2D eigenvalue weighted by Crippen LogP contribution is 2.64. The third kappa shape index (κ3) is 1.86. The summed E-state index contributed by atoms with van der Waals surface area (Å²) in [5.41, 5.74) is 2.94. The lowest BCUT2D eigenvalue weighted by molar-refractivity contribution is -0.262. The van der Waals surface area contributed by atoms with Crippen LogP contribution >= 0.6 is 0 Å². The molecule has 5 fully saturated rings. The van der Waals surface area contributed by atoms with Crippen molar-refractivity contribution in [2.24, 2.45) is 5.92 Å². The SMILES string of the molecule is CN[C@]12CC[C@@]3(OC1)[C@H]1Cc4ccc(O)cc4C3(CCN1CC1CC1)C2. The number of piperidine rings is 1. The van der Waals surface area contributed by atoms with E-state index in [0.29, 0.717) is 11.8 Å². The lowest BCUT2D eigenvalue weighted by Crippen LogP contribution is -2.81. The molecule has 2 saturated carbocycles. The van der Waals surface area contributed by atoms with Crippen molar-refractivity contribution in [3.63, 3.8) is 0 Å². The minimum absolute atomic E-state index is 0.0560. The highest BCUT2D eigenvalue weighted by atomic mass is 16.5. The molecule has 6 aliphatic rings. The Kier molecular flexibility index (Phi) is 3.08. The molecule has 1 unspecified atom stereocenters. The zero-order chi connectivity index (χ0) is 17.6. The van der Waals surface area contributed by atoms with Gasteiger partial charge in [0.2, 0.25) is 0 Å². The van der Waals surface area contributed by atoms with Gasteiger partial charge in [-0.1, -0.05) is 6.07 Å². The number of likely N-dealkylation sites (N-methyl/N-ethyl adjacent to an activating group) is 1. The maximum Gasteiger partial charge on any atom is 0.115 e. The molecule has 1 aromatic rings. The second-order valence-electron chi connectivity index (χ2n) is 9.72. The fourth-order valence-corrected chi connectivity index (χ4v) is 7.03. The molecule has 1 aromatic carbocycles. The fraction of sp³-hybridized carbons (Fsp3) is 0.727. The molecule has 3 heterocycles. The minimum atomic E-state index is -0.0560. The van der Waals surface area contributed by atoms with E-state index in [-0.39, 0.29) is 16.6 Å². The van der Waals surface area contributed by atoms with E-state index in [4.69, 9.17) is 4.74 Å². The third-order valence-electron chi connectivity index (χ3n) is 8.58. The first-order valence-corrected chi connectivity index (χ1v) is 10.5. The van der Waals surface area contributed by atoms with Gasteiger partial charge in [-0.3, -0.25) is 4.90 Å². The van der Waals surface area contributed by atoms with Gasteiger partial charge < -0.3 is 15.2 Å². The number of hydrogen-bond donors (Lipinski definition) is 2. The van der Waals surface area contributed by atoms with Crippen molar-refractivity contribution in [3.8, 4) is 5.75 Å². The molecule has 26 heavy (non-hydrogen) atoms. The molecular weight excluding hydrogens is 324 g/mol. The largest absolute Gasteiger partial charge is 0.508 e. The van der Waals surface area contributed by atoms with Gasteiger partial charge in [0.15, 0.2) is 0 Å². The van der Waals surface area contributed by atoms with Crippen molar-refractivity contribution < 1.29 is 9.84 Å². The van der Waals surface area contributed by atoms with Gasteiger partial charge in [0.1, 0.15) is 5.75 Å². The molecule has 4 atom stereocenters. The van der Waals surface area contributed by atoms with Crippen LogP contribution in [-0.4, -0.2) is 53.9 Å². The van der Waals surface area contributed by atoms with Gasteiger partial charge in [-0.05, 0) is 87.7 Å². The molecule has 2 N–H and O–H groups in total. The molecule has 7 rings (SSSR count). The summed E-state index contributed by atoms with van der Waals surface area (Å²) in [6, 6.07) is 6.63. The van der Waals surface area contributed by atoms with Crippen LogP contribution in [0.4, 0.5) is 0 Å². The number of fused-ring (bicyclic) bond motifs is 3. The van der Waals surface area contributed by atoms with E-state index < -0.39 is 0 Å². The summed E-state index contributed by atoms with van der Waals surface area (Å²) in [7, 11) is 2.10. The molecule has 4 bridgehead atoms. The summed E-state index contributed by atoms with van der Waals surface area (Å²) in [6.45, 7) is 3.28.